The van der Waals surface area contributed by atoms with Crippen LogP contribution in [-0.2, 0) is 23.9 Å². The molecular weight excluding hydrogens is 730 g/mol. The summed E-state index contributed by atoms with van der Waals surface area (Å²) in [6.07, 6.45) is 12.7. The molecule has 308 valence electrons. The lowest BCUT2D eigenvalue weighted by Gasteiger charge is -2.43. The smallest absolute Gasteiger partial charge is 0.407 e. The molecule has 3 fully saturated rings. The minimum absolute atomic E-state index is 0.0577. The number of aliphatic hydroxyl groups is 1. The van der Waals surface area contributed by atoms with Gasteiger partial charge in [0.2, 0.25) is 11.8 Å². The first-order chi connectivity index (χ1) is 27.4. The number of hydrogen-bond acceptors (Lipinski definition) is 11. The van der Waals surface area contributed by atoms with Gasteiger partial charge in [0, 0.05) is 50.1 Å². The molecule has 0 bridgehead atoms. The molecule has 7 rings (SSSR count). The largest absolute Gasteiger partial charge is 0.462 e. The summed E-state index contributed by atoms with van der Waals surface area (Å²) in [4.78, 5) is 79.2. The van der Waals surface area contributed by atoms with Gasteiger partial charge in [0.1, 0.15) is 18.2 Å². The number of aliphatic hydroxyl groups excluding tert-OH is 1. The molecule has 4 aliphatic heterocycles. The van der Waals surface area contributed by atoms with Crippen LogP contribution in [0.15, 0.2) is 42.0 Å². The van der Waals surface area contributed by atoms with Gasteiger partial charge in [-0.3, -0.25) is 34.2 Å². The van der Waals surface area contributed by atoms with E-state index in [-0.39, 0.29) is 84.4 Å². The third-order valence-corrected chi connectivity index (χ3v) is 12.7. The number of nitrogens with zero attached hydrogens (tertiary/aromatic N) is 2. The number of cyclic esters (lactones) is 1. The Labute approximate surface area is 334 Å². The molecule has 1 aromatic rings. The van der Waals surface area contributed by atoms with Crippen molar-refractivity contribution in [3.05, 3.63) is 53.1 Å². The lowest BCUT2D eigenvalue weighted by atomic mass is 9.65. The molecule has 4 N–H and O–H groups in total. The number of imide groups is 2. The number of likely N-dealkylation sites (tertiary alicyclic amines) is 1. The van der Waals surface area contributed by atoms with Crippen molar-refractivity contribution in [3.63, 3.8) is 0 Å². The van der Waals surface area contributed by atoms with Crippen molar-refractivity contribution < 1.29 is 43.3 Å². The van der Waals surface area contributed by atoms with E-state index in [1.165, 1.54) is 5.57 Å². The molecule has 4 heterocycles. The minimum Gasteiger partial charge on any atom is -0.462 e. The third-order valence-electron chi connectivity index (χ3n) is 12.7. The van der Waals surface area contributed by atoms with Crippen LogP contribution >= 0.6 is 0 Å². The van der Waals surface area contributed by atoms with Crippen LogP contribution in [-0.4, -0.2) is 107 Å². The Hall–Kier alpha value is -4.56. The van der Waals surface area contributed by atoms with Gasteiger partial charge in [0.25, 0.3) is 11.8 Å². The maximum Gasteiger partial charge on any atom is 0.407 e. The van der Waals surface area contributed by atoms with Crippen molar-refractivity contribution in [2.45, 2.75) is 121 Å². The number of ether oxygens (including phenoxy) is 2. The molecule has 6 aliphatic rings. The van der Waals surface area contributed by atoms with E-state index < -0.39 is 35.8 Å². The van der Waals surface area contributed by atoms with Gasteiger partial charge in [-0.2, -0.15) is 0 Å². The van der Waals surface area contributed by atoms with Gasteiger partial charge < -0.3 is 30.1 Å². The molecule has 1 unspecified atom stereocenters. The van der Waals surface area contributed by atoms with Crippen molar-refractivity contribution in [3.8, 4) is 0 Å². The third kappa shape index (κ3) is 9.44. The molecule has 1 aromatic carbocycles. The SMILES string of the molecule is C[C@H]1C=C2C=C[C@H](C)[C@H](CC[C@@H]3C[C@@H](O)CC(=O)O3)[C@H]2[C@@H](OC(=O)NCCCCCN2CCC(Nc3cccc4c3C(=O)N(C3CCC(=O)NC3=O)C4=O)CC2)C1. The molecule has 0 spiro atoms. The summed E-state index contributed by atoms with van der Waals surface area (Å²) < 4.78 is 11.7. The predicted molar refractivity (Wildman–Crippen MR) is 210 cm³/mol. The van der Waals surface area contributed by atoms with Gasteiger partial charge in [0.15, 0.2) is 0 Å². The number of anilines is 1. The first kappa shape index (κ1) is 40.6. The zero-order valence-corrected chi connectivity index (χ0v) is 33.1. The minimum atomic E-state index is -0.995. The van der Waals surface area contributed by atoms with Crippen LogP contribution in [0.1, 0.15) is 112 Å². The summed E-state index contributed by atoms with van der Waals surface area (Å²) in [6, 6.07) is 4.29. The molecule has 2 aliphatic carbocycles. The monoisotopic (exact) mass is 787 g/mol. The van der Waals surface area contributed by atoms with E-state index >= 15 is 0 Å². The van der Waals surface area contributed by atoms with Gasteiger partial charge >= 0.3 is 12.1 Å². The van der Waals surface area contributed by atoms with E-state index in [4.69, 9.17) is 9.47 Å². The molecule has 14 heteroatoms. The summed E-state index contributed by atoms with van der Waals surface area (Å²) >= 11 is 0. The van der Waals surface area contributed by atoms with Crippen molar-refractivity contribution in [2.24, 2.45) is 23.7 Å². The normalized spacial score (nSPS) is 30.6. The Morgan fingerprint density at radius 2 is 1.81 bits per heavy atom. The van der Waals surface area contributed by atoms with E-state index in [1.807, 2.05) is 0 Å². The fraction of sp³-hybridized carbons (Fsp3) is 0.628. The highest BCUT2D eigenvalue weighted by Crippen LogP contribution is 2.45. The number of rotatable bonds is 13. The maximum absolute atomic E-state index is 13.5. The number of allylic oxidation sites excluding steroid dienone is 3. The van der Waals surface area contributed by atoms with E-state index in [0.717, 1.165) is 69.5 Å². The van der Waals surface area contributed by atoms with Gasteiger partial charge in [0.05, 0.1) is 23.7 Å². The summed E-state index contributed by atoms with van der Waals surface area (Å²) in [5, 5.41) is 18.8. The average Bonchev–Trinajstić information content (AvgIpc) is 3.42. The number of amides is 5. The van der Waals surface area contributed by atoms with Crippen molar-refractivity contribution in [1.82, 2.24) is 20.4 Å². The molecule has 0 aromatic heterocycles. The number of carbonyl (C=O) groups excluding carboxylic acids is 6. The Kier molecular flexibility index (Phi) is 12.8. The quantitative estimate of drug-likeness (QED) is 0.126. The van der Waals surface area contributed by atoms with Crippen molar-refractivity contribution >= 4 is 41.4 Å². The van der Waals surface area contributed by atoms with Crippen LogP contribution < -0.4 is 16.0 Å². The number of fused-ring (bicyclic) bond motifs is 2. The predicted octanol–water partition coefficient (Wildman–Crippen LogP) is 4.48. The van der Waals surface area contributed by atoms with Crippen LogP contribution in [0.25, 0.3) is 0 Å². The van der Waals surface area contributed by atoms with Crippen LogP contribution in [0.5, 0.6) is 0 Å². The summed E-state index contributed by atoms with van der Waals surface area (Å²) in [5.41, 5.74) is 2.36. The standard InChI is InChI=1S/C43H57N5O9/c1-25-21-27-10-9-26(2)31(12-11-30-23-29(49)24-37(51)56-30)38(27)35(22-25)57-43(55)44-17-4-3-5-18-47-19-15-28(16-20-47)45-33-8-6-7-32-39(33)42(54)48(41(32)53)34-13-14-36(50)46-40(34)52/h6-10,21,25-26,28-31,34-35,38,45,49H,3-5,11-20,22-24H2,1-2H3,(H,44,55)(H,46,50,52)/t25-,26-,29+,30+,31-,34?,35-,38-/m0/s1. The topological polar surface area (TPSA) is 184 Å². The molecule has 5 amide bonds. The molecule has 0 saturated carbocycles. The Morgan fingerprint density at radius 1 is 1.00 bits per heavy atom. The number of alkyl carbamates (subject to hydrolysis) is 1. The zero-order chi connectivity index (χ0) is 40.2. The first-order valence-electron chi connectivity index (χ1n) is 21.0. The average molecular weight is 788 g/mol. The Balaban J connectivity index is 0.812. The number of benzene rings is 1. The highest BCUT2D eigenvalue weighted by Gasteiger charge is 2.46. The van der Waals surface area contributed by atoms with Crippen LogP contribution in [0.2, 0.25) is 0 Å². The van der Waals surface area contributed by atoms with Gasteiger partial charge in [-0.05, 0) is 93.4 Å². The second-order valence-corrected chi connectivity index (χ2v) is 16.9. The maximum atomic E-state index is 13.5. The Morgan fingerprint density at radius 3 is 2.58 bits per heavy atom. The number of nitrogens with one attached hydrogen (secondary N) is 3. The summed E-state index contributed by atoms with van der Waals surface area (Å²) in [7, 11) is 0. The number of carbonyl (C=O) groups is 6. The fourth-order valence-electron chi connectivity index (χ4n) is 9.80. The number of piperidine rings is 2. The second-order valence-electron chi connectivity index (χ2n) is 16.9. The second kappa shape index (κ2) is 17.9. The van der Waals surface area contributed by atoms with Crippen LogP contribution in [0.4, 0.5) is 10.5 Å². The number of hydrogen-bond donors (Lipinski definition) is 4. The van der Waals surface area contributed by atoms with E-state index in [1.54, 1.807) is 18.2 Å². The van der Waals surface area contributed by atoms with Crippen molar-refractivity contribution in [2.75, 3.05) is 31.5 Å². The van der Waals surface area contributed by atoms with Crippen molar-refractivity contribution in [1.29, 1.82) is 0 Å². The van der Waals surface area contributed by atoms with Gasteiger partial charge in [-0.1, -0.05) is 44.6 Å². The zero-order valence-electron chi connectivity index (χ0n) is 33.1. The molecule has 8 atom stereocenters. The molecule has 57 heavy (non-hydrogen) atoms. The van der Waals surface area contributed by atoms with Gasteiger partial charge in [-0.25, -0.2) is 4.79 Å². The fourth-order valence-corrected chi connectivity index (χ4v) is 9.80. The Bertz CT molecular complexity index is 1790. The van der Waals surface area contributed by atoms with E-state index in [0.29, 0.717) is 25.1 Å². The highest BCUT2D eigenvalue weighted by molar-refractivity contribution is 6.25. The highest BCUT2D eigenvalue weighted by atomic mass is 16.6. The van der Waals surface area contributed by atoms with Crippen LogP contribution in [0.3, 0.4) is 0 Å². The lowest BCUT2D eigenvalue weighted by molar-refractivity contribution is -0.160. The molecular formula is C43H57N5O9. The number of esters is 1. The first-order valence-corrected chi connectivity index (χ1v) is 21.0. The lowest BCUT2D eigenvalue weighted by Crippen LogP contribution is -2.54. The summed E-state index contributed by atoms with van der Waals surface area (Å²) in [5.74, 6) is -1.50. The van der Waals surface area contributed by atoms with Gasteiger partial charge in [-0.15, -0.1) is 0 Å². The molecule has 3 saturated heterocycles. The summed E-state index contributed by atoms with van der Waals surface area (Å²) in [6.45, 7) is 7.63. The molecule has 0 radical (unpaired) electrons. The van der Waals surface area contributed by atoms with Crippen LogP contribution in [0, 0.1) is 23.7 Å². The van der Waals surface area contributed by atoms with E-state index in [2.05, 4.69) is 52.9 Å². The number of unbranched alkanes of at least 4 members (excludes halogenated alkanes) is 2. The molecule has 14 nitrogen and oxygen atoms in total. The van der Waals surface area contributed by atoms with E-state index in [9.17, 15) is 33.9 Å².